The molecule has 1 heterocycles. The average Bonchev–Trinajstić information content (AvgIpc) is 3.14. The highest BCUT2D eigenvalue weighted by Crippen LogP contribution is 2.33. The molecule has 4 rings (SSSR count). The molecule has 4 aromatic rings. The Morgan fingerprint density at radius 3 is 2.61 bits per heavy atom. The maximum atomic E-state index is 12.4. The molecule has 3 aromatic carbocycles. The molecule has 0 aliphatic heterocycles. The molecule has 1 aromatic heterocycles. The predicted octanol–water partition coefficient (Wildman–Crippen LogP) is 6.89. The Morgan fingerprint density at radius 1 is 1.03 bits per heavy atom. The van der Waals surface area contributed by atoms with E-state index in [0.717, 1.165) is 5.56 Å². The molecule has 31 heavy (non-hydrogen) atoms. The number of oxazole rings is 1. The summed E-state index contributed by atoms with van der Waals surface area (Å²) in [6, 6.07) is 15.5. The number of benzene rings is 3. The Bertz CT molecular complexity index is 1340. The van der Waals surface area contributed by atoms with E-state index in [0.29, 0.717) is 48.9 Å². The van der Waals surface area contributed by atoms with Crippen molar-refractivity contribution in [1.82, 2.24) is 10.3 Å². The highest BCUT2D eigenvalue weighted by molar-refractivity contribution is 7.80. The minimum Gasteiger partial charge on any atom is -0.435 e. The van der Waals surface area contributed by atoms with Crippen LogP contribution in [-0.4, -0.2) is 16.0 Å². The number of halogens is 3. The number of fused-ring (bicyclic) bond motifs is 1. The largest absolute Gasteiger partial charge is 0.435 e. The van der Waals surface area contributed by atoms with Crippen LogP contribution in [-0.2, 0) is 0 Å². The van der Waals surface area contributed by atoms with E-state index in [-0.39, 0.29) is 11.0 Å². The quantitative estimate of drug-likeness (QED) is 0.306. The van der Waals surface area contributed by atoms with Gasteiger partial charge < -0.3 is 9.73 Å². The minimum atomic E-state index is -0.362. The molecule has 0 bridgehead atoms. The molecule has 0 fully saturated rings. The van der Waals surface area contributed by atoms with E-state index < -0.39 is 0 Å². The summed E-state index contributed by atoms with van der Waals surface area (Å²) >= 11 is 23.5. The smallest absolute Gasteiger partial charge is 0.257 e. The third-order valence-electron chi connectivity index (χ3n) is 4.46. The van der Waals surface area contributed by atoms with Gasteiger partial charge in [0.05, 0.1) is 5.02 Å². The number of carbonyl (C=O) groups excluding carboxylic acids is 1. The number of aromatic nitrogens is 1. The first-order chi connectivity index (χ1) is 14.8. The van der Waals surface area contributed by atoms with E-state index >= 15 is 0 Å². The molecule has 0 unspecified atom stereocenters. The van der Waals surface area contributed by atoms with Crippen LogP contribution in [0.15, 0.2) is 59.0 Å². The van der Waals surface area contributed by atoms with Crippen molar-refractivity contribution in [2.45, 2.75) is 6.92 Å². The zero-order chi connectivity index (χ0) is 22.1. The Hall–Kier alpha value is -2.64. The fourth-order valence-electron chi connectivity index (χ4n) is 2.93. The van der Waals surface area contributed by atoms with E-state index in [2.05, 4.69) is 15.6 Å². The van der Waals surface area contributed by atoms with Gasteiger partial charge in [-0.3, -0.25) is 10.1 Å². The van der Waals surface area contributed by atoms with Crippen LogP contribution in [0.3, 0.4) is 0 Å². The monoisotopic (exact) mass is 489 g/mol. The molecule has 0 atom stereocenters. The Balaban J connectivity index is 1.56. The second-order valence-corrected chi connectivity index (χ2v) is 8.39. The van der Waals surface area contributed by atoms with Gasteiger partial charge in [-0.15, -0.1) is 0 Å². The highest BCUT2D eigenvalue weighted by atomic mass is 35.5. The zero-order valence-corrected chi connectivity index (χ0v) is 19.1. The second-order valence-electron chi connectivity index (χ2n) is 6.70. The van der Waals surface area contributed by atoms with Crippen LogP contribution < -0.4 is 10.6 Å². The molecule has 1 amide bonds. The average molecular weight is 491 g/mol. The number of rotatable bonds is 3. The van der Waals surface area contributed by atoms with Gasteiger partial charge in [0.15, 0.2) is 10.7 Å². The molecule has 2 N–H and O–H groups in total. The molecule has 0 aliphatic carbocycles. The predicted molar refractivity (Wildman–Crippen MR) is 129 cm³/mol. The van der Waals surface area contributed by atoms with Crippen LogP contribution in [0.4, 0.5) is 5.69 Å². The molecular formula is C22H14Cl3N3O2S. The summed E-state index contributed by atoms with van der Waals surface area (Å²) in [5, 5.41) is 7.16. The zero-order valence-electron chi connectivity index (χ0n) is 16.0. The van der Waals surface area contributed by atoms with Gasteiger partial charge in [0.1, 0.15) is 5.52 Å². The highest BCUT2D eigenvalue weighted by Gasteiger charge is 2.14. The normalized spacial score (nSPS) is 10.8. The van der Waals surface area contributed by atoms with Crippen LogP contribution in [0, 0.1) is 6.92 Å². The van der Waals surface area contributed by atoms with Gasteiger partial charge in [-0.2, -0.15) is 0 Å². The van der Waals surface area contributed by atoms with Gasteiger partial charge in [-0.25, -0.2) is 4.98 Å². The van der Waals surface area contributed by atoms with Crippen molar-refractivity contribution in [2.75, 3.05) is 5.32 Å². The first-order valence-corrected chi connectivity index (χ1v) is 10.6. The van der Waals surface area contributed by atoms with E-state index in [9.17, 15) is 4.79 Å². The van der Waals surface area contributed by atoms with Crippen molar-refractivity contribution in [1.29, 1.82) is 0 Å². The fourth-order valence-corrected chi connectivity index (χ4v) is 3.85. The van der Waals surface area contributed by atoms with Gasteiger partial charge in [-0.1, -0.05) is 46.9 Å². The van der Waals surface area contributed by atoms with Crippen LogP contribution in [0.25, 0.3) is 22.6 Å². The Kier molecular flexibility index (Phi) is 6.16. The van der Waals surface area contributed by atoms with Crippen LogP contribution in [0.5, 0.6) is 0 Å². The summed E-state index contributed by atoms with van der Waals surface area (Å²) in [4.78, 5) is 16.9. The number of amides is 1. The number of carbonyl (C=O) groups is 1. The van der Waals surface area contributed by atoms with E-state index in [4.69, 9.17) is 51.4 Å². The molecule has 5 nitrogen and oxygen atoms in total. The molecule has 0 saturated carbocycles. The first kappa shape index (κ1) is 21.6. The van der Waals surface area contributed by atoms with Crippen molar-refractivity contribution >= 4 is 74.8 Å². The van der Waals surface area contributed by atoms with Gasteiger partial charge >= 0.3 is 0 Å². The lowest BCUT2D eigenvalue weighted by Gasteiger charge is -2.12. The van der Waals surface area contributed by atoms with Crippen molar-refractivity contribution in [3.05, 3.63) is 80.8 Å². The number of hydrogen-bond donors (Lipinski definition) is 2. The molecule has 156 valence electrons. The maximum Gasteiger partial charge on any atom is 0.257 e. The molecule has 9 heteroatoms. The van der Waals surface area contributed by atoms with Crippen LogP contribution in [0.1, 0.15) is 15.9 Å². The van der Waals surface area contributed by atoms with Crippen molar-refractivity contribution in [3.8, 4) is 11.5 Å². The standard InChI is InChI=1S/C22H14Cl3N3O2S/c1-11-5-6-13(21-26-18-10-15(24)9-16(25)19(18)30-21)8-17(11)27-22(31)28-20(29)12-3-2-4-14(23)7-12/h2-10H,1H3,(H2,27,28,29,31). The summed E-state index contributed by atoms with van der Waals surface area (Å²) in [7, 11) is 0. The summed E-state index contributed by atoms with van der Waals surface area (Å²) in [6.07, 6.45) is 0. The summed E-state index contributed by atoms with van der Waals surface area (Å²) in [6.45, 7) is 1.91. The topological polar surface area (TPSA) is 67.2 Å². The molecule has 0 aliphatic rings. The third kappa shape index (κ3) is 4.83. The van der Waals surface area contributed by atoms with Crippen molar-refractivity contribution < 1.29 is 9.21 Å². The SMILES string of the molecule is Cc1ccc(-c2nc3cc(Cl)cc(Cl)c3o2)cc1NC(=S)NC(=O)c1cccc(Cl)c1. The Morgan fingerprint density at radius 2 is 1.84 bits per heavy atom. The fraction of sp³-hybridized carbons (Fsp3) is 0.0455. The lowest BCUT2D eigenvalue weighted by molar-refractivity contribution is 0.0977. The lowest BCUT2D eigenvalue weighted by atomic mass is 10.1. The second kappa shape index (κ2) is 8.85. The third-order valence-corrected chi connectivity index (χ3v) is 5.39. The first-order valence-electron chi connectivity index (χ1n) is 9.04. The number of anilines is 1. The van der Waals surface area contributed by atoms with Gasteiger partial charge in [0.25, 0.3) is 5.91 Å². The summed E-state index contributed by atoms with van der Waals surface area (Å²) in [5.41, 5.74) is 3.75. The van der Waals surface area contributed by atoms with E-state index in [1.165, 1.54) is 0 Å². The maximum absolute atomic E-state index is 12.4. The van der Waals surface area contributed by atoms with Crippen LogP contribution in [0.2, 0.25) is 15.1 Å². The van der Waals surface area contributed by atoms with Gasteiger partial charge in [-0.05, 0) is 67.2 Å². The number of nitrogens with one attached hydrogen (secondary N) is 2. The minimum absolute atomic E-state index is 0.151. The van der Waals surface area contributed by atoms with E-state index in [1.54, 1.807) is 36.4 Å². The van der Waals surface area contributed by atoms with Crippen molar-refractivity contribution in [2.24, 2.45) is 0 Å². The lowest BCUT2D eigenvalue weighted by Crippen LogP contribution is -2.34. The van der Waals surface area contributed by atoms with Gasteiger partial charge in [0, 0.05) is 26.9 Å². The molecule has 0 spiro atoms. The summed E-state index contributed by atoms with van der Waals surface area (Å²) in [5.74, 6) is 0.0235. The number of nitrogens with zero attached hydrogens (tertiary/aromatic N) is 1. The number of thiocarbonyl (C=S) groups is 1. The van der Waals surface area contributed by atoms with E-state index in [1.807, 2.05) is 25.1 Å². The van der Waals surface area contributed by atoms with Crippen LogP contribution >= 0.6 is 47.0 Å². The Labute approximate surface area is 198 Å². The van der Waals surface area contributed by atoms with Gasteiger partial charge in [0.2, 0.25) is 5.89 Å². The molecule has 0 saturated heterocycles. The van der Waals surface area contributed by atoms with Crippen molar-refractivity contribution in [3.63, 3.8) is 0 Å². The molecular weight excluding hydrogens is 477 g/mol. The molecule has 0 radical (unpaired) electrons. The number of hydrogen-bond acceptors (Lipinski definition) is 4. The number of aryl methyl sites for hydroxylation is 1. The summed E-state index contributed by atoms with van der Waals surface area (Å²) < 4.78 is 5.83.